The first-order valence-corrected chi connectivity index (χ1v) is 10.5. The van der Waals surface area contributed by atoms with Crippen LogP contribution in [0.15, 0.2) is 66.0 Å². The molecule has 0 saturated carbocycles. The Hall–Kier alpha value is -0.510. The van der Waals surface area contributed by atoms with Gasteiger partial charge in [-0.25, -0.2) is 0 Å². The predicted molar refractivity (Wildman–Crippen MR) is 116 cm³/mol. The Morgan fingerprint density at radius 2 is 1.20 bits per heavy atom. The molecule has 2 aromatic rings. The van der Waals surface area contributed by atoms with E-state index >= 15 is 0 Å². The minimum absolute atomic E-state index is 0.144. The zero-order valence-corrected chi connectivity index (χ0v) is 18.4. The van der Waals surface area contributed by atoms with E-state index in [1.54, 1.807) is 29.6 Å². The molecule has 0 saturated heterocycles. The van der Waals surface area contributed by atoms with Gasteiger partial charge in [0.1, 0.15) is 4.49 Å². The van der Waals surface area contributed by atoms with Gasteiger partial charge in [0.15, 0.2) is 0 Å². The average Bonchev–Trinajstić information content (AvgIpc) is 2.52. The molecule has 0 spiro atoms. The molecule has 0 heterocycles. The molecule has 0 radical (unpaired) electrons. The Morgan fingerprint density at radius 3 is 1.60 bits per heavy atom. The second-order valence-electron chi connectivity index (χ2n) is 5.81. The molecule has 0 aromatic heterocycles. The molecule has 0 amide bonds. The van der Waals surface area contributed by atoms with Crippen LogP contribution in [0.25, 0.3) is 0 Å². The third kappa shape index (κ3) is 6.30. The molecule has 0 bridgehead atoms. The lowest BCUT2D eigenvalue weighted by Crippen LogP contribution is -1.86. The zero-order chi connectivity index (χ0) is 18.6. The van der Waals surface area contributed by atoms with Crippen molar-refractivity contribution in [1.82, 2.24) is 0 Å². The van der Waals surface area contributed by atoms with Crippen molar-refractivity contribution in [3.63, 3.8) is 0 Å². The van der Waals surface area contributed by atoms with E-state index in [4.69, 9.17) is 34.8 Å². The van der Waals surface area contributed by atoms with Gasteiger partial charge in [0, 0.05) is 9.79 Å². The molecular formula is C20H19Cl3S2. The molecule has 0 atom stereocenters. The fraction of sp³-hybridized carbons (Fsp3) is 0.200. The molecular weight excluding hydrogens is 411 g/mol. The van der Waals surface area contributed by atoms with Crippen LogP contribution in [0.3, 0.4) is 0 Å². The van der Waals surface area contributed by atoms with Crippen molar-refractivity contribution in [2.24, 2.45) is 0 Å². The van der Waals surface area contributed by atoms with Crippen molar-refractivity contribution >= 4 is 58.3 Å². The summed E-state index contributed by atoms with van der Waals surface area (Å²) in [6.45, 7) is 8.37. The van der Waals surface area contributed by atoms with Crippen LogP contribution in [0.2, 0.25) is 0 Å². The molecule has 0 N–H and O–H groups in total. The maximum Gasteiger partial charge on any atom is 0.108 e. The summed E-state index contributed by atoms with van der Waals surface area (Å²) >= 11 is 21.4. The van der Waals surface area contributed by atoms with Crippen LogP contribution < -0.4 is 0 Å². The van der Waals surface area contributed by atoms with Crippen molar-refractivity contribution in [3.05, 3.63) is 78.5 Å². The minimum Gasteiger partial charge on any atom is -0.0824 e. The SMILES string of the molecule is Cc1ccc(C)c(SC(Sc2cc(C)ccc2C)=C(Cl)C=C(Cl)Cl)c1. The molecule has 0 fully saturated rings. The van der Waals surface area contributed by atoms with Gasteiger partial charge >= 0.3 is 0 Å². The van der Waals surface area contributed by atoms with Crippen molar-refractivity contribution in [2.75, 3.05) is 0 Å². The smallest absolute Gasteiger partial charge is 0.0824 e. The highest BCUT2D eigenvalue weighted by Crippen LogP contribution is 2.45. The van der Waals surface area contributed by atoms with Crippen LogP contribution in [0, 0.1) is 27.7 Å². The van der Waals surface area contributed by atoms with E-state index in [1.807, 2.05) is 0 Å². The number of halogens is 3. The summed E-state index contributed by atoms with van der Waals surface area (Å²) in [5, 5.41) is 0.539. The predicted octanol–water partition coefficient (Wildman–Crippen LogP) is 8.53. The van der Waals surface area contributed by atoms with Gasteiger partial charge in [0.25, 0.3) is 0 Å². The van der Waals surface area contributed by atoms with Gasteiger partial charge in [0.05, 0.1) is 9.27 Å². The molecule has 0 aliphatic rings. The molecule has 0 nitrogen and oxygen atoms in total. The fourth-order valence-electron chi connectivity index (χ4n) is 2.11. The number of rotatable bonds is 5. The van der Waals surface area contributed by atoms with E-state index in [9.17, 15) is 0 Å². The standard InChI is InChI=1S/C20H19Cl3S2/c1-12-5-7-14(3)17(9-12)24-20(16(21)11-19(22)23)25-18-10-13(2)6-8-15(18)4/h5-11H,1-4H3. The second kappa shape index (κ2) is 9.43. The first-order chi connectivity index (χ1) is 11.8. The normalized spacial score (nSPS) is 10.5. The summed E-state index contributed by atoms with van der Waals surface area (Å²) in [5.74, 6) is 0. The fourth-order valence-corrected chi connectivity index (χ4v) is 5.14. The summed E-state index contributed by atoms with van der Waals surface area (Å²) in [6.07, 6.45) is 1.58. The van der Waals surface area contributed by atoms with Crippen molar-refractivity contribution in [3.8, 4) is 0 Å². The van der Waals surface area contributed by atoms with E-state index in [-0.39, 0.29) is 4.49 Å². The molecule has 5 heteroatoms. The molecule has 2 rings (SSSR count). The van der Waals surface area contributed by atoms with Gasteiger partial charge in [-0.15, -0.1) is 0 Å². The summed E-state index contributed by atoms with van der Waals surface area (Å²) in [5.41, 5.74) is 4.85. The quantitative estimate of drug-likeness (QED) is 0.345. The number of thioether (sulfide) groups is 2. The first kappa shape index (κ1) is 20.8. The van der Waals surface area contributed by atoms with Crippen LogP contribution in [0.1, 0.15) is 22.3 Å². The molecule has 132 valence electrons. The number of allylic oxidation sites excluding steroid dienone is 2. The monoisotopic (exact) mass is 428 g/mol. The maximum absolute atomic E-state index is 6.52. The molecule has 25 heavy (non-hydrogen) atoms. The van der Waals surface area contributed by atoms with Crippen LogP contribution in [-0.4, -0.2) is 0 Å². The number of hydrogen-bond acceptors (Lipinski definition) is 2. The Morgan fingerprint density at radius 1 is 0.760 bits per heavy atom. The average molecular weight is 430 g/mol. The zero-order valence-electron chi connectivity index (χ0n) is 14.5. The maximum atomic E-state index is 6.52. The lowest BCUT2D eigenvalue weighted by atomic mass is 10.2. The Kier molecular flexibility index (Phi) is 7.85. The largest absolute Gasteiger partial charge is 0.108 e. The van der Waals surface area contributed by atoms with Gasteiger partial charge in [-0.3, -0.25) is 0 Å². The van der Waals surface area contributed by atoms with E-state index in [0.717, 1.165) is 4.24 Å². The Bertz CT molecular complexity index is 779. The highest BCUT2D eigenvalue weighted by Gasteiger charge is 2.12. The Balaban J connectivity index is 2.45. The highest BCUT2D eigenvalue weighted by atomic mass is 35.5. The van der Waals surface area contributed by atoms with Crippen molar-refractivity contribution in [1.29, 1.82) is 0 Å². The number of aryl methyl sites for hydroxylation is 4. The van der Waals surface area contributed by atoms with Gasteiger partial charge in [-0.05, 0) is 68.2 Å². The van der Waals surface area contributed by atoms with Crippen LogP contribution in [0.5, 0.6) is 0 Å². The number of benzene rings is 2. The number of hydrogen-bond donors (Lipinski definition) is 0. The van der Waals surface area contributed by atoms with Gasteiger partial charge in [-0.1, -0.05) is 82.6 Å². The van der Waals surface area contributed by atoms with Crippen LogP contribution in [-0.2, 0) is 0 Å². The third-order valence-corrected chi connectivity index (χ3v) is 6.89. The van der Waals surface area contributed by atoms with E-state index in [2.05, 4.69) is 64.1 Å². The summed E-state index contributed by atoms with van der Waals surface area (Å²) in [6, 6.07) is 12.8. The summed E-state index contributed by atoms with van der Waals surface area (Å²) < 4.78 is 1.09. The molecule has 0 aliphatic carbocycles. The van der Waals surface area contributed by atoms with E-state index < -0.39 is 0 Å². The highest BCUT2D eigenvalue weighted by molar-refractivity contribution is 8.22. The van der Waals surface area contributed by atoms with Gasteiger partial charge in [-0.2, -0.15) is 0 Å². The summed E-state index contributed by atoms with van der Waals surface area (Å²) in [4.78, 5) is 2.34. The van der Waals surface area contributed by atoms with Crippen LogP contribution in [0.4, 0.5) is 0 Å². The van der Waals surface area contributed by atoms with E-state index in [0.29, 0.717) is 5.03 Å². The topological polar surface area (TPSA) is 0 Å². The van der Waals surface area contributed by atoms with Gasteiger partial charge < -0.3 is 0 Å². The summed E-state index contributed by atoms with van der Waals surface area (Å²) in [7, 11) is 0. The lowest BCUT2D eigenvalue weighted by molar-refractivity contribution is 1.26. The second-order valence-corrected chi connectivity index (χ2v) is 9.59. The van der Waals surface area contributed by atoms with Crippen LogP contribution >= 0.6 is 58.3 Å². The molecule has 0 aliphatic heterocycles. The van der Waals surface area contributed by atoms with E-state index in [1.165, 1.54) is 32.0 Å². The lowest BCUT2D eigenvalue weighted by Gasteiger charge is -2.13. The van der Waals surface area contributed by atoms with Crippen molar-refractivity contribution in [2.45, 2.75) is 37.5 Å². The first-order valence-electron chi connectivity index (χ1n) is 7.69. The van der Waals surface area contributed by atoms with Gasteiger partial charge in [0.2, 0.25) is 0 Å². The third-order valence-electron chi connectivity index (χ3n) is 3.52. The van der Waals surface area contributed by atoms with Crippen molar-refractivity contribution < 1.29 is 0 Å². The Labute approximate surface area is 173 Å². The molecule has 2 aromatic carbocycles. The minimum atomic E-state index is 0.144. The molecule has 0 unspecified atom stereocenters.